The standard InChI is InChI=1S/C12H10N8O/c1-5-7(9(14)10-12(17-5)20-21-19-10)2-8-16-4-6(3-13)11(15)18-8/h4H,2,14H2,1H3,(H2,15,16,18). The van der Waals surface area contributed by atoms with E-state index in [0.717, 1.165) is 5.56 Å². The van der Waals surface area contributed by atoms with Gasteiger partial charge in [0.05, 0.1) is 11.9 Å². The Bertz CT molecular complexity index is 879. The van der Waals surface area contributed by atoms with E-state index in [0.29, 0.717) is 34.8 Å². The van der Waals surface area contributed by atoms with Gasteiger partial charge in [0, 0.05) is 17.7 Å². The molecular formula is C12H10N8O. The first-order valence-corrected chi connectivity index (χ1v) is 5.99. The first kappa shape index (κ1) is 12.7. The molecule has 0 radical (unpaired) electrons. The minimum Gasteiger partial charge on any atom is -0.396 e. The first-order chi connectivity index (χ1) is 10.1. The molecule has 21 heavy (non-hydrogen) atoms. The molecule has 3 heterocycles. The van der Waals surface area contributed by atoms with Crippen molar-refractivity contribution in [3.8, 4) is 6.07 Å². The van der Waals surface area contributed by atoms with E-state index < -0.39 is 0 Å². The fraction of sp³-hybridized carbons (Fsp3) is 0.167. The highest BCUT2D eigenvalue weighted by Crippen LogP contribution is 2.25. The molecule has 0 amide bonds. The molecular weight excluding hydrogens is 272 g/mol. The quantitative estimate of drug-likeness (QED) is 0.677. The number of aryl methyl sites for hydroxylation is 1. The zero-order valence-electron chi connectivity index (χ0n) is 11.0. The largest absolute Gasteiger partial charge is 0.396 e. The maximum absolute atomic E-state index is 8.82. The van der Waals surface area contributed by atoms with Crippen LogP contribution >= 0.6 is 0 Å². The zero-order valence-corrected chi connectivity index (χ0v) is 11.0. The highest BCUT2D eigenvalue weighted by molar-refractivity contribution is 5.85. The van der Waals surface area contributed by atoms with E-state index in [1.165, 1.54) is 6.20 Å². The van der Waals surface area contributed by atoms with Crippen LogP contribution in [-0.4, -0.2) is 25.3 Å². The number of nitriles is 1. The minimum absolute atomic E-state index is 0.135. The summed E-state index contributed by atoms with van der Waals surface area (Å²) in [5.41, 5.74) is 14.6. The lowest BCUT2D eigenvalue weighted by Gasteiger charge is -2.08. The van der Waals surface area contributed by atoms with E-state index in [2.05, 4.69) is 29.9 Å². The Hall–Kier alpha value is -3.28. The third-order valence-corrected chi connectivity index (χ3v) is 3.09. The van der Waals surface area contributed by atoms with E-state index in [1.807, 2.05) is 6.07 Å². The summed E-state index contributed by atoms with van der Waals surface area (Å²) < 4.78 is 4.63. The van der Waals surface area contributed by atoms with Crippen molar-refractivity contribution < 1.29 is 4.63 Å². The molecule has 9 heteroatoms. The molecule has 0 aromatic carbocycles. The van der Waals surface area contributed by atoms with Crippen molar-refractivity contribution in [1.29, 1.82) is 5.26 Å². The molecule has 0 saturated heterocycles. The van der Waals surface area contributed by atoms with Crippen molar-refractivity contribution in [3.63, 3.8) is 0 Å². The van der Waals surface area contributed by atoms with Crippen LogP contribution in [0.5, 0.6) is 0 Å². The van der Waals surface area contributed by atoms with Crippen LogP contribution in [0, 0.1) is 18.3 Å². The normalized spacial score (nSPS) is 10.7. The van der Waals surface area contributed by atoms with E-state index in [4.69, 9.17) is 16.7 Å². The number of rotatable bonds is 2. The number of aromatic nitrogens is 5. The van der Waals surface area contributed by atoms with Crippen LogP contribution in [0.3, 0.4) is 0 Å². The minimum atomic E-state index is 0.135. The van der Waals surface area contributed by atoms with Crippen molar-refractivity contribution in [2.24, 2.45) is 0 Å². The number of fused-ring (bicyclic) bond motifs is 1. The molecule has 3 aromatic heterocycles. The van der Waals surface area contributed by atoms with E-state index in [1.54, 1.807) is 6.92 Å². The monoisotopic (exact) mass is 282 g/mol. The molecule has 0 fully saturated rings. The third kappa shape index (κ3) is 2.08. The Labute approximate surface area is 118 Å². The van der Waals surface area contributed by atoms with Gasteiger partial charge in [-0.3, -0.25) is 0 Å². The molecule has 4 N–H and O–H groups in total. The van der Waals surface area contributed by atoms with Crippen molar-refractivity contribution in [1.82, 2.24) is 25.3 Å². The average Bonchev–Trinajstić information content (AvgIpc) is 2.92. The Morgan fingerprint density at radius 2 is 2.10 bits per heavy atom. The predicted octanol–water partition coefficient (Wildman–Crippen LogP) is 0.343. The van der Waals surface area contributed by atoms with Gasteiger partial charge in [0.2, 0.25) is 5.65 Å². The lowest BCUT2D eigenvalue weighted by molar-refractivity contribution is 0.315. The first-order valence-electron chi connectivity index (χ1n) is 5.99. The smallest absolute Gasteiger partial charge is 0.226 e. The Morgan fingerprint density at radius 1 is 1.29 bits per heavy atom. The van der Waals surface area contributed by atoms with Gasteiger partial charge in [-0.1, -0.05) is 0 Å². The van der Waals surface area contributed by atoms with Gasteiger partial charge in [-0.05, 0) is 17.2 Å². The van der Waals surface area contributed by atoms with Gasteiger partial charge in [0.15, 0.2) is 5.52 Å². The van der Waals surface area contributed by atoms with Crippen LogP contribution in [0.1, 0.15) is 22.6 Å². The summed E-state index contributed by atoms with van der Waals surface area (Å²) in [5, 5.41) is 16.2. The van der Waals surface area contributed by atoms with Crippen LogP contribution in [-0.2, 0) is 6.42 Å². The van der Waals surface area contributed by atoms with Gasteiger partial charge in [0.25, 0.3) is 0 Å². The number of pyridine rings is 1. The van der Waals surface area contributed by atoms with Gasteiger partial charge in [-0.15, -0.1) is 0 Å². The predicted molar refractivity (Wildman–Crippen MR) is 72.7 cm³/mol. The summed E-state index contributed by atoms with van der Waals surface area (Å²) in [7, 11) is 0. The summed E-state index contributed by atoms with van der Waals surface area (Å²) in [6.45, 7) is 1.80. The van der Waals surface area contributed by atoms with Crippen LogP contribution in [0.15, 0.2) is 10.8 Å². The molecule has 0 atom stereocenters. The van der Waals surface area contributed by atoms with Gasteiger partial charge in [0.1, 0.15) is 23.3 Å². The molecule has 0 aliphatic rings. The molecule has 0 bridgehead atoms. The number of nitrogens with zero attached hydrogens (tertiary/aromatic N) is 6. The van der Waals surface area contributed by atoms with Gasteiger partial charge in [-0.25, -0.2) is 19.6 Å². The zero-order chi connectivity index (χ0) is 15.0. The number of hydrogen-bond donors (Lipinski definition) is 2. The number of nitrogen functional groups attached to an aromatic ring is 2. The summed E-state index contributed by atoms with van der Waals surface area (Å²) >= 11 is 0. The van der Waals surface area contributed by atoms with Crippen molar-refractivity contribution in [3.05, 3.63) is 28.8 Å². The maximum Gasteiger partial charge on any atom is 0.226 e. The van der Waals surface area contributed by atoms with Gasteiger partial charge in [-0.2, -0.15) is 5.26 Å². The second kappa shape index (κ2) is 4.68. The van der Waals surface area contributed by atoms with Gasteiger partial charge >= 0.3 is 0 Å². The highest BCUT2D eigenvalue weighted by Gasteiger charge is 2.16. The molecule has 0 unspecified atom stereocenters. The molecule has 0 spiro atoms. The van der Waals surface area contributed by atoms with Crippen LogP contribution in [0.4, 0.5) is 11.5 Å². The maximum atomic E-state index is 8.82. The van der Waals surface area contributed by atoms with Crippen molar-refractivity contribution >= 4 is 22.7 Å². The Morgan fingerprint density at radius 3 is 2.81 bits per heavy atom. The Balaban J connectivity index is 2.05. The highest BCUT2D eigenvalue weighted by atomic mass is 16.6. The fourth-order valence-corrected chi connectivity index (χ4v) is 1.98. The lowest BCUT2D eigenvalue weighted by Crippen LogP contribution is -2.07. The molecule has 0 saturated carbocycles. The van der Waals surface area contributed by atoms with Crippen molar-refractivity contribution in [2.45, 2.75) is 13.3 Å². The summed E-state index contributed by atoms with van der Waals surface area (Å²) in [6, 6.07) is 1.91. The Kier molecular flexibility index (Phi) is 2.84. The lowest BCUT2D eigenvalue weighted by atomic mass is 10.1. The number of hydrogen-bond acceptors (Lipinski definition) is 9. The second-order valence-corrected chi connectivity index (χ2v) is 4.40. The topological polar surface area (TPSA) is 153 Å². The van der Waals surface area contributed by atoms with Crippen LogP contribution < -0.4 is 11.5 Å². The molecule has 0 aliphatic carbocycles. The van der Waals surface area contributed by atoms with Gasteiger partial charge < -0.3 is 11.5 Å². The average molecular weight is 282 g/mol. The molecule has 3 rings (SSSR count). The third-order valence-electron chi connectivity index (χ3n) is 3.09. The molecule has 104 valence electrons. The van der Waals surface area contributed by atoms with Crippen LogP contribution in [0.25, 0.3) is 11.2 Å². The fourth-order valence-electron chi connectivity index (χ4n) is 1.98. The second-order valence-electron chi connectivity index (χ2n) is 4.40. The summed E-state index contributed by atoms with van der Waals surface area (Å²) in [4.78, 5) is 12.5. The SMILES string of the molecule is Cc1nc2nonc2c(N)c1Cc1ncc(C#N)c(N)n1. The van der Waals surface area contributed by atoms with E-state index >= 15 is 0 Å². The molecule has 3 aromatic rings. The van der Waals surface area contributed by atoms with E-state index in [9.17, 15) is 0 Å². The molecule has 0 aliphatic heterocycles. The summed E-state index contributed by atoms with van der Waals surface area (Å²) in [5.74, 6) is 0.578. The molecule has 9 nitrogen and oxygen atoms in total. The number of anilines is 2. The number of nitrogens with two attached hydrogens (primary N) is 2. The van der Waals surface area contributed by atoms with Crippen LogP contribution in [0.2, 0.25) is 0 Å². The summed E-state index contributed by atoms with van der Waals surface area (Å²) in [6.07, 6.45) is 1.70. The van der Waals surface area contributed by atoms with E-state index in [-0.39, 0.29) is 11.4 Å². The van der Waals surface area contributed by atoms with Crippen molar-refractivity contribution in [2.75, 3.05) is 11.5 Å².